The number of carbonyl (C=O) groups excluding carboxylic acids is 1. The van der Waals surface area contributed by atoms with Crippen molar-refractivity contribution in [2.24, 2.45) is 0 Å². The number of aromatic hydroxyl groups is 1. The van der Waals surface area contributed by atoms with Crippen molar-refractivity contribution in [3.63, 3.8) is 0 Å². The van der Waals surface area contributed by atoms with Crippen LogP contribution in [0, 0.1) is 11.3 Å². The van der Waals surface area contributed by atoms with Crippen LogP contribution in [-0.2, 0) is 4.79 Å². The monoisotopic (exact) mass is 602 g/mol. The number of piperazine rings is 1. The molecule has 1 saturated heterocycles. The third-order valence-electron chi connectivity index (χ3n) is 9.31. The molecule has 1 amide bonds. The van der Waals surface area contributed by atoms with Crippen LogP contribution in [0.5, 0.6) is 11.8 Å². The van der Waals surface area contributed by atoms with Gasteiger partial charge in [0.15, 0.2) is 0 Å². The third kappa shape index (κ3) is 4.99. The molecule has 1 atom stereocenters. The predicted molar refractivity (Wildman–Crippen MR) is 173 cm³/mol. The summed E-state index contributed by atoms with van der Waals surface area (Å²) in [7, 11) is 4.11. The van der Waals surface area contributed by atoms with Gasteiger partial charge in [0.25, 0.3) is 0 Å². The van der Waals surface area contributed by atoms with Crippen LogP contribution in [0.25, 0.3) is 43.8 Å². The number of aromatic nitrogens is 2. The van der Waals surface area contributed by atoms with E-state index in [2.05, 4.69) is 36.5 Å². The molecule has 5 aromatic rings. The van der Waals surface area contributed by atoms with E-state index in [0.29, 0.717) is 43.2 Å². The van der Waals surface area contributed by atoms with Crippen molar-refractivity contribution >= 4 is 44.4 Å². The summed E-state index contributed by atoms with van der Waals surface area (Å²) in [6, 6.07) is 17.6. The van der Waals surface area contributed by atoms with Crippen LogP contribution in [0.4, 0.5) is 5.82 Å². The zero-order chi connectivity index (χ0) is 31.3. The van der Waals surface area contributed by atoms with Gasteiger partial charge in [0, 0.05) is 25.0 Å². The van der Waals surface area contributed by atoms with E-state index in [9.17, 15) is 15.2 Å². The third-order valence-corrected chi connectivity index (χ3v) is 9.31. The normalized spacial score (nSPS) is 17.6. The van der Waals surface area contributed by atoms with Crippen molar-refractivity contribution in [1.29, 1.82) is 5.26 Å². The van der Waals surface area contributed by atoms with Crippen molar-refractivity contribution in [1.82, 2.24) is 19.8 Å². The predicted octanol–water partition coefficient (Wildman–Crippen LogP) is 5.49. The highest BCUT2D eigenvalue weighted by atomic mass is 16.5. The number of ether oxygens (including phenoxy) is 1. The maximum absolute atomic E-state index is 12.6. The Morgan fingerprint density at radius 3 is 2.73 bits per heavy atom. The fourth-order valence-electron chi connectivity index (χ4n) is 6.53. The quantitative estimate of drug-likeness (QED) is 0.230. The first-order valence-corrected chi connectivity index (χ1v) is 15.1. The number of fused-ring (bicyclic) bond motifs is 4. The van der Waals surface area contributed by atoms with Gasteiger partial charge in [-0.3, -0.25) is 4.79 Å². The summed E-state index contributed by atoms with van der Waals surface area (Å²) in [6.45, 7) is 5.42. The minimum atomic E-state index is -0.336. The minimum Gasteiger partial charge on any atom is -0.508 e. The molecule has 0 unspecified atom stereocenters. The van der Waals surface area contributed by atoms with Gasteiger partial charge >= 0.3 is 6.01 Å². The number of furan rings is 1. The molecule has 1 aliphatic heterocycles. The summed E-state index contributed by atoms with van der Waals surface area (Å²) < 4.78 is 12.5. The van der Waals surface area contributed by atoms with E-state index in [1.807, 2.05) is 36.4 Å². The molecule has 1 saturated carbocycles. The lowest BCUT2D eigenvalue weighted by Gasteiger charge is -2.41. The molecule has 2 fully saturated rings. The van der Waals surface area contributed by atoms with E-state index in [1.54, 1.807) is 23.3 Å². The number of anilines is 1. The summed E-state index contributed by atoms with van der Waals surface area (Å²) in [5.74, 6) is 0.605. The van der Waals surface area contributed by atoms with Crippen molar-refractivity contribution in [3.8, 4) is 29.0 Å². The first-order chi connectivity index (χ1) is 21.8. The first-order valence-electron chi connectivity index (χ1n) is 15.1. The number of likely N-dealkylation sites (N-methyl/N-ethyl adjacent to an activating group) is 1. The lowest BCUT2D eigenvalue weighted by Crippen LogP contribution is -2.55. The number of carbonyl (C=O) groups is 1. The van der Waals surface area contributed by atoms with Crippen molar-refractivity contribution in [3.05, 3.63) is 67.4 Å². The van der Waals surface area contributed by atoms with Crippen LogP contribution < -0.4 is 9.64 Å². The molecule has 0 radical (unpaired) electrons. The number of hydrogen-bond acceptors (Lipinski definition) is 9. The van der Waals surface area contributed by atoms with E-state index in [4.69, 9.17) is 19.1 Å². The van der Waals surface area contributed by atoms with Crippen LogP contribution in [0.2, 0.25) is 0 Å². The molecule has 45 heavy (non-hydrogen) atoms. The fourth-order valence-corrected chi connectivity index (χ4v) is 6.53. The van der Waals surface area contributed by atoms with Crippen molar-refractivity contribution in [2.75, 3.05) is 45.2 Å². The minimum absolute atomic E-state index is 0.0380. The van der Waals surface area contributed by atoms with Crippen LogP contribution >= 0.6 is 0 Å². The van der Waals surface area contributed by atoms with E-state index >= 15 is 0 Å². The van der Waals surface area contributed by atoms with Gasteiger partial charge in [-0.25, -0.2) is 0 Å². The van der Waals surface area contributed by atoms with E-state index in [1.165, 1.54) is 6.08 Å². The average molecular weight is 603 g/mol. The largest absolute Gasteiger partial charge is 0.508 e. The Bertz CT molecular complexity index is 2010. The van der Waals surface area contributed by atoms with Crippen LogP contribution in [0.15, 0.2) is 71.9 Å². The molecule has 3 heterocycles. The molecule has 0 spiro atoms. The number of rotatable bonds is 8. The summed E-state index contributed by atoms with van der Waals surface area (Å²) in [5.41, 5.74) is 2.94. The van der Waals surface area contributed by atoms with E-state index in [0.717, 1.165) is 45.5 Å². The Kier molecular flexibility index (Phi) is 7.06. The molecule has 3 aromatic carbocycles. The van der Waals surface area contributed by atoms with Gasteiger partial charge in [0.2, 0.25) is 5.91 Å². The second kappa shape index (κ2) is 11.1. The van der Waals surface area contributed by atoms with E-state index < -0.39 is 0 Å². The molecule has 228 valence electrons. The summed E-state index contributed by atoms with van der Waals surface area (Å²) in [5, 5.41) is 23.8. The Morgan fingerprint density at radius 2 is 1.98 bits per heavy atom. The second-order valence-electron chi connectivity index (χ2n) is 12.1. The Balaban J connectivity index is 1.41. The number of amides is 1. The second-order valence-corrected chi connectivity index (χ2v) is 12.1. The average Bonchev–Trinajstić information content (AvgIpc) is 3.69. The molecule has 1 N–H and O–H groups in total. The van der Waals surface area contributed by atoms with Crippen molar-refractivity contribution in [2.45, 2.75) is 30.8 Å². The Morgan fingerprint density at radius 1 is 1.18 bits per heavy atom. The van der Waals surface area contributed by atoms with Gasteiger partial charge in [-0.05, 0) is 79.2 Å². The number of nitriles is 1. The lowest BCUT2D eigenvalue weighted by atomic mass is 9.94. The van der Waals surface area contributed by atoms with Gasteiger partial charge < -0.3 is 29.0 Å². The smallest absolute Gasteiger partial charge is 0.319 e. The van der Waals surface area contributed by atoms with Crippen LogP contribution in [0.1, 0.15) is 19.3 Å². The molecular weight excluding hydrogens is 568 g/mol. The molecule has 0 bridgehead atoms. The first kappa shape index (κ1) is 28.6. The van der Waals surface area contributed by atoms with Gasteiger partial charge in [-0.1, -0.05) is 30.8 Å². The van der Waals surface area contributed by atoms with Gasteiger partial charge in [-0.15, -0.1) is 0 Å². The summed E-state index contributed by atoms with van der Waals surface area (Å²) in [6.07, 6.45) is 5.21. The SMILES string of the molecule is C=CC(=O)N1CCN(c2nc(OCC3(N(C)C)CC3)nc3cc(-c4cc(O)cc5ccccc45)c4ccoc4c23)C[C@@H]1CC#N. The Hall–Kier alpha value is -5.14. The molecule has 10 nitrogen and oxygen atoms in total. The molecular formula is C35H34N6O4. The van der Waals surface area contributed by atoms with Gasteiger partial charge in [0.1, 0.15) is 23.8 Å². The molecule has 2 aromatic heterocycles. The van der Waals surface area contributed by atoms with Crippen LogP contribution in [-0.4, -0.2) is 82.7 Å². The number of phenolic OH excluding ortho intramolecular Hbond substituents is 1. The topological polar surface area (TPSA) is 119 Å². The number of hydrogen-bond donors (Lipinski definition) is 1. The molecule has 1 aliphatic carbocycles. The molecule has 10 heteroatoms. The summed E-state index contributed by atoms with van der Waals surface area (Å²) in [4.78, 5) is 28.5. The fraction of sp³-hybridized carbons (Fsp3) is 0.314. The van der Waals surface area contributed by atoms with E-state index in [-0.39, 0.29) is 35.7 Å². The standard InChI is InChI=1S/C35H34N6O4/c1-4-30(43)41-15-14-40(20-23(41)9-13-36)33-31-29(37-34(38-33)45-21-35(11-12-35)39(2)3)19-28(26-10-16-44-32(26)31)27-18-24(42)17-22-7-5-6-8-25(22)27/h4-8,10,16-19,23,42H,1,9,11-12,14-15,20-21H2,2-3H3/t23-/m0/s1. The summed E-state index contributed by atoms with van der Waals surface area (Å²) >= 11 is 0. The van der Waals surface area contributed by atoms with Gasteiger partial charge in [-0.2, -0.15) is 15.2 Å². The maximum atomic E-state index is 12.6. The highest BCUT2D eigenvalue weighted by Crippen LogP contribution is 2.44. The van der Waals surface area contributed by atoms with Crippen molar-refractivity contribution < 1.29 is 19.1 Å². The number of phenols is 1. The zero-order valence-electron chi connectivity index (χ0n) is 25.4. The Labute approximate surface area is 260 Å². The zero-order valence-corrected chi connectivity index (χ0v) is 25.4. The molecule has 7 rings (SSSR count). The van der Waals surface area contributed by atoms with Crippen LogP contribution in [0.3, 0.4) is 0 Å². The number of benzene rings is 3. The maximum Gasteiger partial charge on any atom is 0.319 e. The lowest BCUT2D eigenvalue weighted by molar-refractivity contribution is -0.128. The highest BCUT2D eigenvalue weighted by Gasteiger charge is 2.46. The van der Waals surface area contributed by atoms with Gasteiger partial charge in [0.05, 0.1) is 41.2 Å². The number of nitrogens with zero attached hydrogens (tertiary/aromatic N) is 6. The molecule has 2 aliphatic rings. The highest BCUT2D eigenvalue weighted by molar-refractivity contribution is 6.16.